The van der Waals surface area contributed by atoms with Crippen molar-refractivity contribution in [2.75, 3.05) is 6.54 Å². The molecule has 0 saturated heterocycles. The Bertz CT molecular complexity index is 783. The van der Waals surface area contributed by atoms with E-state index < -0.39 is 0 Å². The fourth-order valence-corrected chi connectivity index (χ4v) is 4.22. The van der Waals surface area contributed by atoms with Gasteiger partial charge in [0, 0.05) is 11.9 Å². The van der Waals surface area contributed by atoms with Crippen molar-refractivity contribution in [3.05, 3.63) is 40.3 Å². The maximum atomic E-state index is 12.4. The van der Waals surface area contributed by atoms with Crippen LogP contribution in [0.25, 0.3) is 10.8 Å². The average molecular weight is 297 g/mol. The molecule has 1 heterocycles. The molecule has 0 radical (unpaired) electrons. The smallest absolute Gasteiger partial charge is 0.272 e. The molecule has 3 atom stereocenters. The molecule has 2 aromatic rings. The Labute approximate surface area is 128 Å². The second-order valence-corrected chi connectivity index (χ2v) is 6.59. The Kier molecular flexibility index (Phi) is 3.21. The van der Waals surface area contributed by atoms with Crippen molar-refractivity contribution in [1.29, 1.82) is 0 Å². The minimum atomic E-state index is -0.264. The quantitative estimate of drug-likeness (QED) is 0.911. The molecule has 1 aromatic carbocycles. The second-order valence-electron chi connectivity index (χ2n) is 6.59. The topological polar surface area (TPSA) is 74.8 Å². The number of fused-ring (bicyclic) bond motifs is 3. The van der Waals surface area contributed by atoms with E-state index in [0.29, 0.717) is 22.4 Å². The second kappa shape index (κ2) is 5.23. The van der Waals surface area contributed by atoms with Crippen LogP contribution in [0, 0.1) is 17.8 Å². The van der Waals surface area contributed by atoms with Gasteiger partial charge >= 0.3 is 0 Å². The Balaban J connectivity index is 1.53. The van der Waals surface area contributed by atoms with Gasteiger partial charge in [0.2, 0.25) is 0 Å². The summed E-state index contributed by atoms with van der Waals surface area (Å²) in [6.07, 6.45) is 5.25. The van der Waals surface area contributed by atoms with Gasteiger partial charge in [-0.2, -0.15) is 5.10 Å². The van der Waals surface area contributed by atoms with Crippen molar-refractivity contribution in [1.82, 2.24) is 15.5 Å². The molecule has 2 bridgehead atoms. The maximum Gasteiger partial charge on any atom is 0.272 e. The summed E-state index contributed by atoms with van der Waals surface area (Å²) in [6, 6.07) is 7.08. The lowest BCUT2D eigenvalue weighted by atomic mass is 9.89. The van der Waals surface area contributed by atoms with Gasteiger partial charge in [-0.05, 0) is 43.1 Å². The average Bonchev–Trinajstić information content (AvgIpc) is 3.16. The lowest BCUT2D eigenvalue weighted by molar-refractivity contribution is 0.0937. The van der Waals surface area contributed by atoms with Gasteiger partial charge in [0.15, 0.2) is 5.69 Å². The summed E-state index contributed by atoms with van der Waals surface area (Å²) in [5.41, 5.74) is 0.0404. The molecule has 5 heteroatoms. The molecule has 2 saturated carbocycles. The summed E-state index contributed by atoms with van der Waals surface area (Å²) in [6.45, 7) is 0.717. The molecular formula is C17H19N3O2. The van der Waals surface area contributed by atoms with E-state index in [2.05, 4.69) is 15.5 Å². The van der Waals surface area contributed by atoms with Crippen LogP contribution in [-0.4, -0.2) is 22.6 Å². The SMILES string of the molecule is O=C(NC[C@H]1C[C@H]2CC[C@H]1C2)c1n[nH]c(=O)c2ccccc12. The summed E-state index contributed by atoms with van der Waals surface area (Å²) < 4.78 is 0. The van der Waals surface area contributed by atoms with E-state index in [1.807, 2.05) is 6.07 Å². The molecule has 2 aliphatic rings. The van der Waals surface area contributed by atoms with Gasteiger partial charge < -0.3 is 5.32 Å². The third-order valence-corrected chi connectivity index (χ3v) is 5.32. The van der Waals surface area contributed by atoms with Crippen LogP contribution >= 0.6 is 0 Å². The Morgan fingerprint density at radius 1 is 1.23 bits per heavy atom. The molecule has 0 unspecified atom stereocenters. The summed E-state index contributed by atoms with van der Waals surface area (Å²) >= 11 is 0. The molecule has 1 amide bonds. The summed E-state index contributed by atoms with van der Waals surface area (Å²) in [7, 11) is 0. The first kappa shape index (κ1) is 13.5. The van der Waals surface area contributed by atoms with Gasteiger partial charge in [0.25, 0.3) is 11.5 Å². The molecule has 114 valence electrons. The number of aromatic nitrogens is 2. The minimum absolute atomic E-state index is 0.199. The number of hydrogen-bond donors (Lipinski definition) is 2. The van der Waals surface area contributed by atoms with Crippen LogP contribution in [0.15, 0.2) is 29.1 Å². The number of amides is 1. The number of benzene rings is 1. The van der Waals surface area contributed by atoms with Gasteiger partial charge in [0.1, 0.15) is 0 Å². The van der Waals surface area contributed by atoms with Gasteiger partial charge in [-0.25, -0.2) is 5.10 Å². The lowest BCUT2D eigenvalue weighted by Gasteiger charge is -2.21. The van der Waals surface area contributed by atoms with Crippen molar-refractivity contribution in [3.8, 4) is 0 Å². The summed E-state index contributed by atoms with van der Waals surface area (Å²) in [5, 5.41) is 10.5. The van der Waals surface area contributed by atoms with Crippen molar-refractivity contribution >= 4 is 16.7 Å². The highest BCUT2D eigenvalue weighted by Gasteiger charge is 2.39. The van der Waals surface area contributed by atoms with E-state index >= 15 is 0 Å². The van der Waals surface area contributed by atoms with Crippen LogP contribution in [0.5, 0.6) is 0 Å². The molecule has 5 nitrogen and oxygen atoms in total. The van der Waals surface area contributed by atoms with Crippen LogP contribution < -0.4 is 10.9 Å². The molecule has 2 fully saturated rings. The molecule has 22 heavy (non-hydrogen) atoms. The van der Waals surface area contributed by atoms with Crippen LogP contribution in [0.4, 0.5) is 0 Å². The standard InChI is InChI=1S/C17H19N3O2/c21-16-14-4-2-1-3-13(14)15(19-20-16)17(22)18-9-12-8-10-5-6-11(12)7-10/h1-4,10-12H,5-9H2,(H,18,22)(H,20,21)/t10-,11-,12+/m0/s1. The van der Waals surface area contributed by atoms with Gasteiger partial charge in [-0.1, -0.05) is 24.6 Å². The lowest BCUT2D eigenvalue weighted by Crippen LogP contribution is -2.32. The van der Waals surface area contributed by atoms with Crippen molar-refractivity contribution in [2.24, 2.45) is 17.8 Å². The number of aromatic amines is 1. The van der Waals surface area contributed by atoms with Crippen LogP contribution in [0.2, 0.25) is 0 Å². The predicted octanol–water partition coefficient (Wildman–Crippen LogP) is 2.09. The fraction of sp³-hybridized carbons (Fsp3) is 0.471. The fourth-order valence-electron chi connectivity index (χ4n) is 4.22. The number of carbonyl (C=O) groups is 1. The zero-order valence-corrected chi connectivity index (χ0v) is 12.3. The van der Waals surface area contributed by atoms with E-state index in [-0.39, 0.29) is 11.5 Å². The van der Waals surface area contributed by atoms with Crippen molar-refractivity contribution in [3.63, 3.8) is 0 Å². The maximum absolute atomic E-state index is 12.4. The first-order valence-corrected chi connectivity index (χ1v) is 7.98. The monoisotopic (exact) mass is 297 g/mol. The normalized spacial score (nSPS) is 26.5. The van der Waals surface area contributed by atoms with E-state index in [0.717, 1.165) is 18.4 Å². The van der Waals surface area contributed by atoms with Gasteiger partial charge in [-0.3, -0.25) is 9.59 Å². The van der Waals surface area contributed by atoms with E-state index in [1.54, 1.807) is 18.2 Å². The van der Waals surface area contributed by atoms with E-state index in [4.69, 9.17) is 0 Å². The molecule has 2 N–H and O–H groups in total. The molecule has 0 spiro atoms. The molecule has 2 aliphatic carbocycles. The number of rotatable bonds is 3. The van der Waals surface area contributed by atoms with Crippen molar-refractivity contribution < 1.29 is 4.79 Å². The largest absolute Gasteiger partial charge is 0.350 e. The Hall–Kier alpha value is -2.17. The molecule has 1 aromatic heterocycles. The first-order valence-electron chi connectivity index (χ1n) is 7.98. The highest BCUT2D eigenvalue weighted by molar-refractivity contribution is 6.04. The third kappa shape index (κ3) is 2.21. The van der Waals surface area contributed by atoms with Crippen LogP contribution in [-0.2, 0) is 0 Å². The number of carbonyl (C=O) groups excluding carboxylic acids is 1. The van der Waals surface area contributed by atoms with E-state index in [1.165, 1.54) is 25.7 Å². The number of nitrogens with one attached hydrogen (secondary N) is 2. The minimum Gasteiger partial charge on any atom is -0.350 e. The Morgan fingerprint density at radius 3 is 2.77 bits per heavy atom. The highest BCUT2D eigenvalue weighted by atomic mass is 16.2. The van der Waals surface area contributed by atoms with Gasteiger partial charge in [-0.15, -0.1) is 0 Å². The molecular weight excluding hydrogens is 278 g/mol. The van der Waals surface area contributed by atoms with Crippen LogP contribution in [0.1, 0.15) is 36.2 Å². The Morgan fingerprint density at radius 2 is 2.05 bits per heavy atom. The third-order valence-electron chi connectivity index (χ3n) is 5.32. The zero-order valence-electron chi connectivity index (χ0n) is 12.3. The van der Waals surface area contributed by atoms with Crippen molar-refractivity contribution in [2.45, 2.75) is 25.7 Å². The molecule has 0 aliphatic heterocycles. The predicted molar refractivity (Wildman–Crippen MR) is 83.6 cm³/mol. The number of H-pyrrole nitrogens is 1. The number of nitrogens with zero attached hydrogens (tertiary/aromatic N) is 1. The number of hydrogen-bond acceptors (Lipinski definition) is 3. The summed E-state index contributed by atoms with van der Waals surface area (Å²) in [5.74, 6) is 2.07. The molecule has 4 rings (SSSR count). The van der Waals surface area contributed by atoms with Crippen LogP contribution in [0.3, 0.4) is 0 Å². The first-order chi connectivity index (χ1) is 10.7. The summed E-state index contributed by atoms with van der Waals surface area (Å²) in [4.78, 5) is 24.2. The highest BCUT2D eigenvalue weighted by Crippen LogP contribution is 2.47. The zero-order chi connectivity index (χ0) is 15.1. The van der Waals surface area contributed by atoms with E-state index in [9.17, 15) is 9.59 Å². The van der Waals surface area contributed by atoms with Gasteiger partial charge in [0.05, 0.1) is 5.39 Å².